The van der Waals surface area contributed by atoms with Crippen molar-refractivity contribution in [2.45, 2.75) is 19.0 Å². The second-order valence-electron chi connectivity index (χ2n) is 7.77. The molecule has 1 aromatic heterocycles. The summed E-state index contributed by atoms with van der Waals surface area (Å²) in [5.41, 5.74) is 0.382. The van der Waals surface area contributed by atoms with E-state index in [4.69, 9.17) is 11.6 Å². The zero-order valence-electron chi connectivity index (χ0n) is 18.1. The minimum atomic E-state index is -4.48. The van der Waals surface area contributed by atoms with Gasteiger partial charge in [-0.2, -0.15) is 27.1 Å². The molecule has 1 heterocycles. The van der Waals surface area contributed by atoms with Gasteiger partial charge in [0.25, 0.3) is 11.8 Å². The Balaban J connectivity index is 1.62. The van der Waals surface area contributed by atoms with E-state index in [1.165, 1.54) is 22.9 Å². The van der Waals surface area contributed by atoms with E-state index in [9.17, 15) is 26.7 Å². The molecular weight excluding hydrogens is 489 g/mol. The van der Waals surface area contributed by atoms with Gasteiger partial charge in [0.05, 0.1) is 22.0 Å². The Bertz CT molecular complexity index is 1360. The Labute approximate surface area is 202 Å². The van der Waals surface area contributed by atoms with E-state index in [0.29, 0.717) is 22.0 Å². The second-order valence-corrected chi connectivity index (χ2v) is 8.18. The quantitative estimate of drug-likeness (QED) is 0.284. The second kappa shape index (κ2) is 9.14. The van der Waals surface area contributed by atoms with Crippen LogP contribution in [0, 0.1) is 0 Å². The van der Waals surface area contributed by atoms with Gasteiger partial charge in [0.2, 0.25) is 0 Å². The molecule has 10 heteroatoms. The number of hydrogen-bond acceptors (Lipinski definition) is 2. The van der Waals surface area contributed by atoms with Crippen molar-refractivity contribution in [2.75, 3.05) is 5.32 Å². The minimum absolute atomic E-state index is 0.193. The molecule has 0 aliphatic heterocycles. The number of halogens is 6. The fourth-order valence-electron chi connectivity index (χ4n) is 3.35. The van der Waals surface area contributed by atoms with Crippen LogP contribution in [0.2, 0.25) is 5.02 Å². The van der Waals surface area contributed by atoms with E-state index in [1.54, 1.807) is 36.4 Å². The normalized spacial score (nSPS) is 12.0. The van der Waals surface area contributed by atoms with E-state index in [1.807, 2.05) is 0 Å². The lowest BCUT2D eigenvalue weighted by Gasteiger charge is -2.11. The summed E-state index contributed by atoms with van der Waals surface area (Å²) in [6, 6.07) is 18.0. The molecule has 180 valence electrons. The highest BCUT2D eigenvalue weighted by Gasteiger charge is 2.31. The Kier molecular flexibility index (Phi) is 6.38. The number of alkyl halides is 5. The third kappa shape index (κ3) is 5.35. The average molecular weight is 506 g/mol. The standard InChI is InChI=1S/C25H17ClF5N3O/c1-24(27,28)22-14-21(34(33-22)20-5-3-2-4-19(20)26)15-6-8-16(9-7-15)23(35)32-18-12-10-17(11-13-18)25(29,30)31/h2-14H,1H3,(H,32,35). The van der Waals surface area contributed by atoms with Crippen molar-refractivity contribution in [1.29, 1.82) is 0 Å². The van der Waals surface area contributed by atoms with Gasteiger partial charge in [-0.05, 0) is 54.6 Å². The van der Waals surface area contributed by atoms with Crippen LogP contribution < -0.4 is 5.32 Å². The van der Waals surface area contributed by atoms with E-state index < -0.39 is 29.3 Å². The van der Waals surface area contributed by atoms with Gasteiger partial charge in [-0.3, -0.25) is 4.79 Å². The molecule has 0 spiro atoms. The number of carbonyl (C=O) groups excluding carboxylic acids is 1. The Morgan fingerprint density at radius 3 is 2.11 bits per heavy atom. The maximum Gasteiger partial charge on any atom is 0.416 e. The topological polar surface area (TPSA) is 46.9 Å². The van der Waals surface area contributed by atoms with Gasteiger partial charge < -0.3 is 5.32 Å². The maximum absolute atomic E-state index is 14.0. The lowest BCUT2D eigenvalue weighted by Crippen LogP contribution is -2.12. The maximum atomic E-state index is 14.0. The predicted molar refractivity (Wildman–Crippen MR) is 123 cm³/mol. The lowest BCUT2D eigenvalue weighted by atomic mass is 10.1. The highest BCUT2D eigenvalue weighted by molar-refractivity contribution is 6.32. The van der Waals surface area contributed by atoms with Crippen molar-refractivity contribution >= 4 is 23.2 Å². The van der Waals surface area contributed by atoms with Crippen molar-refractivity contribution in [3.8, 4) is 16.9 Å². The largest absolute Gasteiger partial charge is 0.416 e. The molecule has 1 amide bonds. The highest BCUT2D eigenvalue weighted by Crippen LogP contribution is 2.34. The number of rotatable bonds is 5. The van der Waals surface area contributed by atoms with Crippen molar-refractivity contribution in [2.24, 2.45) is 0 Å². The molecule has 0 saturated carbocycles. The highest BCUT2D eigenvalue weighted by atomic mass is 35.5. The van der Waals surface area contributed by atoms with Gasteiger partial charge in [-0.25, -0.2) is 4.68 Å². The van der Waals surface area contributed by atoms with Gasteiger partial charge in [0.15, 0.2) is 0 Å². The van der Waals surface area contributed by atoms with E-state index in [2.05, 4.69) is 10.4 Å². The first kappa shape index (κ1) is 24.4. The molecular formula is C25H17ClF5N3O. The molecule has 35 heavy (non-hydrogen) atoms. The van der Waals surface area contributed by atoms with Crippen LogP contribution in [0.5, 0.6) is 0 Å². The Morgan fingerprint density at radius 1 is 0.914 bits per heavy atom. The zero-order chi connectivity index (χ0) is 25.4. The predicted octanol–water partition coefficient (Wildman–Crippen LogP) is 7.58. The molecule has 0 aliphatic carbocycles. The first-order chi connectivity index (χ1) is 16.4. The summed E-state index contributed by atoms with van der Waals surface area (Å²) in [6.45, 7) is 0.741. The van der Waals surface area contributed by atoms with Crippen molar-refractivity contribution in [3.05, 3.63) is 101 Å². The van der Waals surface area contributed by atoms with E-state index >= 15 is 0 Å². The number of nitrogens with zero attached hydrogens (tertiary/aromatic N) is 2. The molecule has 4 aromatic rings. The molecule has 4 nitrogen and oxygen atoms in total. The van der Waals surface area contributed by atoms with Crippen molar-refractivity contribution in [1.82, 2.24) is 9.78 Å². The fourth-order valence-corrected chi connectivity index (χ4v) is 3.56. The molecule has 1 N–H and O–H groups in total. The molecule has 0 aliphatic rings. The molecule has 0 radical (unpaired) electrons. The summed E-state index contributed by atoms with van der Waals surface area (Å²) < 4.78 is 67.5. The van der Waals surface area contributed by atoms with E-state index in [0.717, 1.165) is 31.2 Å². The van der Waals surface area contributed by atoms with Gasteiger partial charge in [0, 0.05) is 23.7 Å². The molecule has 0 bridgehead atoms. The van der Waals surface area contributed by atoms with Crippen LogP contribution in [-0.2, 0) is 12.1 Å². The summed E-state index contributed by atoms with van der Waals surface area (Å²) in [4.78, 5) is 12.5. The molecule has 0 atom stereocenters. The lowest BCUT2D eigenvalue weighted by molar-refractivity contribution is -0.137. The molecule has 0 saturated heterocycles. The van der Waals surface area contributed by atoms with E-state index in [-0.39, 0.29) is 11.3 Å². The molecule has 0 fully saturated rings. The van der Waals surface area contributed by atoms with Gasteiger partial charge in [0.1, 0.15) is 5.69 Å². The Morgan fingerprint density at radius 2 is 1.54 bits per heavy atom. The molecule has 4 rings (SSSR count). The van der Waals surface area contributed by atoms with Crippen LogP contribution in [-0.4, -0.2) is 15.7 Å². The molecule has 0 unspecified atom stereocenters. The SMILES string of the molecule is CC(F)(F)c1cc(-c2ccc(C(=O)Nc3ccc(C(F)(F)F)cc3)cc2)n(-c2ccccc2Cl)n1. The van der Waals surface area contributed by atoms with Crippen LogP contribution in [0.4, 0.5) is 27.6 Å². The first-order valence-corrected chi connectivity index (χ1v) is 10.6. The van der Waals surface area contributed by atoms with Crippen LogP contribution >= 0.6 is 11.6 Å². The number of hydrogen-bond donors (Lipinski definition) is 1. The van der Waals surface area contributed by atoms with Crippen LogP contribution in [0.3, 0.4) is 0 Å². The third-order valence-electron chi connectivity index (χ3n) is 5.15. The minimum Gasteiger partial charge on any atom is -0.322 e. The number of benzene rings is 3. The first-order valence-electron chi connectivity index (χ1n) is 10.3. The van der Waals surface area contributed by atoms with Gasteiger partial charge in [-0.1, -0.05) is 35.9 Å². The third-order valence-corrected chi connectivity index (χ3v) is 5.47. The summed E-state index contributed by atoms with van der Waals surface area (Å²) >= 11 is 6.26. The number of aromatic nitrogens is 2. The van der Waals surface area contributed by atoms with Crippen LogP contribution in [0.25, 0.3) is 16.9 Å². The van der Waals surface area contributed by atoms with Gasteiger partial charge >= 0.3 is 6.18 Å². The summed E-state index contributed by atoms with van der Waals surface area (Å²) in [5, 5.41) is 6.89. The monoisotopic (exact) mass is 505 g/mol. The summed E-state index contributed by atoms with van der Waals surface area (Å²) in [5.74, 6) is -3.74. The Hall–Kier alpha value is -3.72. The number of amides is 1. The van der Waals surface area contributed by atoms with Gasteiger partial charge in [-0.15, -0.1) is 0 Å². The smallest absolute Gasteiger partial charge is 0.322 e. The number of anilines is 1. The molecule has 3 aromatic carbocycles. The van der Waals surface area contributed by atoms with Crippen LogP contribution in [0.15, 0.2) is 78.9 Å². The zero-order valence-corrected chi connectivity index (χ0v) is 18.8. The fraction of sp³-hybridized carbons (Fsp3) is 0.120. The number of carbonyl (C=O) groups is 1. The average Bonchev–Trinajstić information content (AvgIpc) is 3.25. The number of para-hydroxylation sites is 1. The number of nitrogens with one attached hydrogen (secondary N) is 1. The summed E-state index contributed by atoms with van der Waals surface area (Å²) in [6.07, 6.45) is -4.48. The summed E-state index contributed by atoms with van der Waals surface area (Å²) in [7, 11) is 0. The van der Waals surface area contributed by atoms with Crippen LogP contribution in [0.1, 0.15) is 28.5 Å². The van der Waals surface area contributed by atoms with Crippen molar-refractivity contribution < 1.29 is 26.7 Å². The van der Waals surface area contributed by atoms with Crippen molar-refractivity contribution in [3.63, 3.8) is 0 Å².